The maximum Gasteiger partial charge on any atom is 0.124 e. The first-order chi connectivity index (χ1) is 16.8. The van der Waals surface area contributed by atoms with Gasteiger partial charge in [0, 0.05) is 5.56 Å². The van der Waals surface area contributed by atoms with Gasteiger partial charge in [-0.05, 0) is 83.7 Å². The van der Waals surface area contributed by atoms with Gasteiger partial charge in [-0.25, -0.2) is 0 Å². The molecule has 4 nitrogen and oxygen atoms in total. The average Bonchev–Trinajstić information content (AvgIpc) is 2.89. The van der Waals surface area contributed by atoms with E-state index >= 15 is 0 Å². The summed E-state index contributed by atoms with van der Waals surface area (Å²) in [6.45, 7) is 10.4. The van der Waals surface area contributed by atoms with Crippen LogP contribution in [0.15, 0.2) is 48.5 Å². The maximum atomic E-state index is 11.1. The van der Waals surface area contributed by atoms with Gasteiger partial charge in [-0.3, -0.25) is 0 Å². The van der Waals surface area contributed by atoms with Gasteiger partial charge in [-0.2, -0.15) is 0 Å². The van der Waals surface area contributed by atoms with Gasteiger partial charge in [0.1, 0.15) is 18.1 Å². The fourth-order valence-electron chi connectivity index (χ4n) is 4.73. The van der Waals surface area contributed by atoms with Gasteiger partial charge in [0.25, 0.3) is 0 Å². The first-order valence-electron chi connectivity index (χ1n) is 12.8. The Morgan fingerprint density at radius 2 is 1.49 bits per heavy atom. The normalized spacial score (nSPS) is 11.6. The van der Waals surface area contributed by atoms with Crippen LogP contribution in [0.2, 0.25) is 0 Å². The smallest absolute Gasteiger partial charge is 0.124 e. The van der Waals surface area contributed by atoms with E-state index in [-0.39, 0.29) is 12.4 Å². The fraction of sp³-hybridized carbons (Fsp3) is 0.419. The van der Waals surface area contributed by atoms with Crippen molar-refractivity contribution in [2.45, 2.75) is 85.5 Å². The van der Waals surface area contributed by atoms with E-state index < -0.39 is 5.60 Å². The third kappa shape index (κ3) is 5.71. The van der Waals surface area contributed by atoms with Crippen LogP contribution < -0.4 is 4.74 Å². The highest BCUT2D eigenvalue weighted by atomic mass is 16.5. The maximum absolute atomic E-state index is 11.1. The van der Waals surface area contributed by atoms with Crippen molar-refractivity contribution in [2.75, 3.05) is 0 Å². The van der Waals surface area contributed by atoms with Crippen LogP contribution in [0.4, 0.5) is 0 Å². The zero-order valence-corrected chi connectivity index (χ0v) is 21.8. The molecule has 35 heavy (non-hydrogen) atoms. The van der Waals surface area contributed by atoms with Crippen LogP contribution in [0.5, 0.6) is 11.5 Å². The van der Waals surface area contributed by atoms with Crippen molar-refractivity contribution in [3.8, 4) is 22.6 Å². The van der Waals surface area contributed by atoms with Crippen molar-refractivity contribution in [1.82, 2.24) is 0 Å². The number of ether oxygens (including phenoxy) is 1. The van der Waals surface area contributed by atoms with Crippen LogP contribution in [-0.4, -0.2) is 15.3 Å². The number of aliphatic hydroxyl groups excluding tert-OH is 1. The largest absolute Gasteiger partial charge is 0.507 e. The topological polar surface area (TPSA) is 69.9 Å². The fourth-order valence-corrected chi connectivity index (χ4v) is 4.73. The zero-order chi connectivity index (χ0) is 25.6. The van der Waals surface area contributed by atoms with E-state index in [0.29, 0.717) is 25.0 Å². The molecule has 0 unspecified atom stereocenters. The molecule has 0 amide bonds. The summed E-state index contributed by atoms with van der Waals surface area (Å²) >= 11 is 0. The van der Waals surface area contributed by atoms with Crippen LogP contribution in [0.3, 0.4) is 0 Å². The summed E-state index contributed by atoms with van der Waals surface area (Å²) in [6, 6.07) is 16.3. The molecule has 0 spiro atoms. The standard InChI is InChI=1S/C31H40O4/c1-6-10-23-17-26(31(34,8-3)9-4)14-16-28(23)29-18-27(15-13-22(29)7-2)35-20-25-12-11-24(19-32)30(33)21(25)5/h11-18,32-34H,6-10,19-20H2,1-5H3. The second-order valence-corrected chi connectivity index (χ2v) is 9.34. The van der Waals surface area contributed by atoms with Gasteiger partial charge in [0.2, 0.25) is 0 Å². The highest BCUT2D eigenvalue weighted by Gasteiger charge is 2.26. The van der Waals surface area contributed by atoms with Gasteiger partial charge in [-0.15, -0.1) is 0 Å². The Morgan fingerprint density at radius 1 is 0.800 bits per heavy atom. The number of benzene rings is 3. The molecule has 0 saturated heterocycles. The summed E-state index contributed by atoms with van der Waals surface area (Å²) in [5.74, 6) is 0.895. The Bertz CT molecular complexity index is 1140. The van der Waals surface area contributed by atoms with Crippen molar-refractivity contribution in [1.29, 1.82) is 0 Å². The van der Waals surface area contributed by atoms with Gasteiger partial charge >= 0.3 is 0 Å². The molecule has 0 aliphatic rings. The van der Waals surface area contributed by atoms with E-state index in [4.69, 9.17) is 4.74 Å². The zero-order valence-electron chi connectivity index (χ0n) is 21.8. The third-order valence-electron chi connectivity index (χ3n) is 7.28. The minimum atomic E-state index is -0.797. The molecule has 3 aromatic carbocycles. The molecule has 0 aliphatic carbocycles. The number of hydrogen-bond acceptors (Lipinski definition) is 4. The Morgan fingerprint density at radius 3 is 2.11 bits per heavy atom. The number of aromatic hydroxyl groups is 1. The Labute approximate surface area is 210 Å². The van der Waals surface area contributed by atoms with Gasteiger partial charge in [0.15, 0.2) is 0 Å². The second-order valence-electron chi connectivity index (χ2n) is 9.34. The van der Waals surface area contributed by atoms with Gasteiger partial charge in [0.05, 0.1) is 12.2 Å². The minimum absolute atomic E-state index is 0.124. The number of aliphatic hydroxyl groups is 2. The Hall–Kier alpha value is -2.82. The molecule has 0 radical (unpaired) electrons. The molecule has 0 aliphatic heterocycles. The first-order valence-corrected chi connectivity index (χ1v) is 12.8. The quantitative estimate of drug-likeness (QED) is 0.280. The lowest BCUT2D eigenvalue weighted by Crippen LogP contribution is -2.23. The van der Waals surface area contributed by atoms with Crippen LogP contribution in [-0.2, 0) is 31.7 Å². The van der Waals surface area contributed by atoms with Crippen LogP contribution in [0.1, 0.15) is 80.3 Å². The third-order valence-corrected chi connectivity index (χ3v) is 7.28. The van der Waals surface area contributed by atoms with Crippen molar-refractivity contribution in [2.24, 2.45) is 0 Å². The number of aryl methyl sites for hydroxylation is 2. The Balaban J connectivity index is 1.98. The van der Waals surface area contributed by atoms with E-state index in [0.717, 1.165) is 47.3 Å². The van der Waals surface area contributed by atoms with Crippen molar-refractivity contribution in [3.05, 3.63) is 81.9 Å². The van der Waals surface area contributed by atoms with Crippen LogP contribution in [0, 0.1) is 6.92 Å². The van der Waals surface area contributed by atoms with Crippen molar-refractivity contribution >= 4 is 0 Å². The summed E-state index contributed by atoms with van der Waals surface area (Å²) in [7, 11) is 0. The van der Waals surface area contributed by atoms with E-state index in [1.54, 1.807) is 6.07 Å². The lowest BCUT2D eigenvalue weighted by atomic mass is 9.84. The molecule has 0 heterocycles. The molecule has 4 heteroatoms. The SMILES string of the molecule is CCCc1cc(C(O)(CC)CC)ccc1-c1cc(OCc2ccc(CO)c(O)c2C)ccc1CC. The molecule has 0 saturated carbocycles. The predicted octanol–water partition coefficient (Wildman–Crippen LogP) is 6.96. The number of phenols is 1. The molecule has 0 atom stereocenters. The Kier molecular flexibility index (Phi) is 8.98. The summed E-state index contributed by atoms with van der Waals surface area (Å²) in [5.41, 5.74) is 7.17. The molecular weight excluding hydrogens is 436 g/mol. The summed E-state index contributed by atoms with van der Waals surface area (Å²) < 4.78 is 6.16. The van der Waals surface area contributed by atoms with E-state index in [9.17, 15) is 15.3 Å². The first kappa shape index (κ1) is 26.8. The minimum Gasteiger partial charge on any atom is -0.507 e. The highest BCUT2D eigenvalue weighted by Crippen LogP contribution is 2.36. The predicted molar refractivity (Wildman–Crippen MR) is 143 cm³/mol. The molecular formula is C31H40O4. The summed E-state index contributed by atoms with van der Waals surface area (Å²) in [4.78, 5) is 0. The average molecular weight is 477 g/mol. The van der Waals surface area contributed by atoms with Gasteiger partial charge in [-0.1, -0.05) is 70.5 Å². The monoisotopic (exact) mass is 476 g/mol. The summed E-state index contributed by atoms with van der Waals surface area (Å²) in [5, 5.41) is 30.8. The molecule has 188 valence electrons. The van der Waals surface area contributed by atoms with Crippen molar-refractivity contribution in [3.63, 3.8) is 0 Å². The lowest BCUT2D eigenvalue weighted by Gasteiger charge is -2.27. The molecule has 0 aromatic heterocycles. The highest BCUT2D eigenvalue weighted by molar-refractivity contribution is 5.73. The van der Waals surface area contributed by atoms with E-state index in [1.165, 1.54) is 16.7 Å². The van der Waals surface area contributed by atoms with Gasteiger partial charge < -0.3 is 20.1 Å². The molecule has 0 fully saturated rings. The molecule has 3 N–H and O–H groups in total. The molecule has 3 rings (SSSR count). The van der Waals surface area contributed by atoms with Crippen LogP contribution >= 0.6 is 0 Å². The molecule has 0 bridgehead atoms. The molecule has 3 aromatic rings. The number of hydrogen-bond donors (Lipinski definition) is 3. The van der Waals surface area contributed by atoms with E-state index in [1.807, 2.05) is 32.9 Å². The van der Waals surface area contributed by atoms with E-state index in [2.05, 4.69) is 44.2 Å². The van der Waals surface area contributed by atoms with Crippen molar-refractivity contribution < 1.29 is 20.1 Å². The summed E-state index contributed by atoms with van der Waals surface area (Å²) in [6.07, 6.45) is 4.25. The second kappa shape index (κ2) is 11.7. The van der Waals surface area contributed by atoms with Crippen LogP contribution in [0.25, 0.3) is 11.1 Å². The lowest BCUT2D eigenvalue weighted by molar-refractivity contribution is 0.0283. The number of rotatable bonds is 11.